The highest BCUT2D eigenvalue weighted by molar-refractivity contribution is 7.90. The Morgan fingerprint density at radius 1 is 1.07 bits per heavy atom. The molecule has 0 spiro atoms. The number of aromatic nitrogens is 3. The van der Waals surface area contributed by atoms with Crippen molar-refractivity contribution < 1.29 is 22.6 Å². The molecule has 0 atom stereocenters. The number of hydrogen-bond donors (Lipinski definition) is 1. The molecule has 42 heavy (non-hydrogen) atoms. The van der Waals surface area contributed by atoms with Crippen molar-refractivity contribution in [3.63, 3.8) is 0 Å². The van der Waals surface area contributed by atoms with E-state index in [1.165, 1.54) is 28.6 Å². The lowest BCUT2D eigenvalue weighted by Gasteiger charge is -2.39. The molecule has 0 bridgehead atoms. The summed E-state index contributed by atoms with van der Waals surface area (Å²) in [7, 11) is -0.982. The van der Waals surface area contributed by atoms with E-state index in [2.05, 4.69) is 4.98 Å². The molecule has 9 nitrogen and oxygen atoms in total. The molecule has 0 aliphatic heterocycles. The highest BCUT2D eigenvalue weighted by Gasteiger charge is 2.43. The topological polar surface area (TPSA) is 119 Å². The van der Waals surface area contributed by atoms with Crippen LogP contribution in [0.3, 0.4) is 0 Å². The molecule has 0 radical (unpaired) electrons. The van der Waals surface area contributed by atoms with Gasteiger partial charge in [-0.05, 0) is 56.5 Å². The second kappa shape index (κ2) is 11.0. The largest absolute Gasteiger partial charge is 0.495 e. The number of pyridine rings is 1. The molecule has 1 fully saturated rings. The summed E-state index contributed by atoms with van der Waals surface area (Å²) < 4.78 is 46.4. The summed E-state index contributed by atoms with van der Waals surface area (Å²) in [6, 6.07) is 13.7. The van der Waals surface area contributed by atoms with Crippen molar-refractivity contribution in [1.82, 2.24) is 13.9 Å². The minimum absolute atomic E-state index is 0.134. The second-order valence-corrected chi connectivity index (χ2v) is 13.4. The molecule has 3 aromatic heterocycles. The normalized spacial score (nSPS) is 14.7. The van der Waals surface area contributed by atoms with E-state index in [1.807, 2.05) is 6.92 Å². The van der Waals surface area contributed by atoms with Crippen LogP contribution in [0.5, 0.6) is 5.75 Å². The zero-order chi connectivity index (χ0) is 29.6. The first-order valence-electron chi connectivity index (χ1n) is 13.2. The van der Waals surface area contributed by atoms with Crippen LogP contribution in [-0.4, -0.2) is 43.4 Å². The molecule has 1 aliphatic carbocycles. The molecule has 218 valence electrons. The second-order valence-electron chi connectivity index (χ2n) is 10.2. The molecule has 1 aliphatic rings. The summed E-state index contributed by atoms with van der Waals surface area (Å²) in [6.07, 6.45) is 5.96. The van der Waals surface area contributed by atoms with Crippen LogP contribution in [0, 0.1) is 6.92 Å². The lowest BCUT2D eigenvalue weighted by molar-refractivity contribution is -0.171. The number of anilines is 1. The molecular formula is C30H29ClN4O5S2. The van der Waals surface area contributed by atoms with Gasteiger partial charge in [-0.2, -0.15) is 0 Å². The smallest absolute Gasteiger partial charge is 0.269 e. The summed E-state index contributed by atoms with van der Waals surface area (Å²) >= 11 is 8.26. The van der Waals surface area contributed by atoms with Gasteiger partial charge in [-0.25, -0.2) is 22.4 Å². The number of nitrogens with two attached hydrogens (primary N) is 1. The summed E-state index contributed by atoms with van der Waals surface area (Å²) in [5, 5.41) is 1.78. The van der Waals surface area contributed by atoms with E-state index in [9.17, 15) is 8.42 Å². The third-order valence-electron chi connectivity index (χ3n) is 7.59. The quantitative estimate of drug-likeness (QED) is 0.144. The van der Waals surface area contributed by atoms with E-state index in [1.54, 1.807) is 61.8 Å². The molecular weight excluding hydrogens is 596 g/mol. The summed E-state index contributed by atoms with van der Waals surface area (Å²) in [5.41, 5.74) is 8.83. The number of benzene rings is 2. The Balaban J connectivity index is 1.59. The van der Waals surface area contributed by atoms with E-state index in [-0.39, 0.29) is 17.3 Å². The number of nitrogens with zero attached hydrogens (tertiary/aromatic N) is 3. The average molecular weight is 625 g/mol. The summed E-state index contributed by atoms with van der Waals surface area (Å²) in [4.78, 5) is 10.2. The van der Waals surface area contributed by atoms with Crippen LogP contribution in [0.25, 0.3) is 32.7 Å². The van der Waals surface area contributed by atoms with E-state index >= 15 is 0 Å². The lowest BCUT2D eigenvalue weighted by atomic mass is 9.80. The molecule has 12 heteroatoms. The first-order chi connectivity index (χ1) is 20.2. The number of thiazole rings is 1. The summed E-state index contributed by atoms with van der Waals surface area (Å²) in [5.74, 6) is 0.428. The third kappa shape index (κ3) is 4.75. The van der Waals surface area contributed by atoms with Crippen molar-refractivity contribution >= 4 is 49.7 Å². The van der Waals surface area contributed by atoms with Gasteiger partial charge in [0.1, 0.15) is 23.2 Å². The van der Waals surface area contributed by atoms with Crippen LogP contribution in [0.15, 0.2) is 65.8 Å². The van der Waals surface area contributed by atoms with Gasteiger partial charge in [-0.3, -0.25) is 0 Å². The van der Waals surface area contributed by atoms with Crippen molar-refractivity contribution in [1.29, 1.82) is 0 Å². The van der Waals surface area contributed by atoms with E-state index in [4.69, 9.17) is 36.5 Å². The number of aryl methyl sites for hydroxylation is 1. The van der Waals surface area contributed by atoms with E-state index in [0.29, 0.717) is 38.7 Å². The molecule has 0 unspecified atom stereocenters. The van der Waals surface area contributed by atoms with Gasteiger partial charge in [-0.15, -0.1) is 11.3 Å². The first-order valence-corrected chi connectivity index (χ1v) is 15.9. The minimum Gasteiger partial charge on any atom is -0.495 e. The fourth-order valence-electron chi connectivity index (χ4n) is 5.17. The van der Waals surface area contributed by atoms with Gasteiger partial charge in [0.25, 0.3) is 10.0 Å². The van der Waals surface area contributed by atoms with Crippen LogP contribution in [0.1, 0.15) is 29.8 Å². The molecule has 0 saturated heterocycles. The molecule has 2 N–H and O–H groups in total. The number of nitrogen functional groups attached to an aromatic ring is 1. The van der Waals surface area contributed by atoms with Crippen LogP contribution in [0.4, 0.5) is 5.69 Å². The Labute approximate surface area is 252 Å². The fourth-order valence-corrected chi connectivity index (χ4v) is 8.15. The zero-order valence-electron chi connectivity index (χ0n) is 23.3. The minimum atomic E-state index is -4.09. The number of ether oxygens (including phenoxy) is 3. The van der Waals surface area contributed by atoms with Gasteiger partial charge in [-0.1, -0.05) is 35.4 Å². The fraction of sp³-hybridized carbons (Fsp3) is 0.267. The predicted octanol–water partition coefficient (Wildman–Crippen LogP) is 6.62. The van der Waals surface area contributed by atoms with Gasteiger partial charge < -0.3 is 19.9 Å². The number of halogens is 1. The van der Waals surface area contributed by atoms with Crippen molar-refractivity contribution in [3.05, 3.63) is 76.5 Å². The standard InChI is InChI=1S/C30H29ClN4O5S2/c1-18-5-8-20(9-6-18)42(36,37)35-24(19-7-10-23(32)25(13-19)39-3)14-21-27(22(31)15-33-28(21)35)26-16-34-29(41-26)30(11-4-12-30)40-17-38-2/h5-10,13-16H,4,11-12,17,32H2,1-3H3. The highest BCUT2D eigenvalue weighted by atomic mass is 35.5. The molecule has 0 amide bonds. The average Bonchev–Trinajstić information content (AvgIpc) is 3.59. The van der Waals surface area contributed by atoms with Gasteiger partial charge in [0.05, 0.1) is 33.3 Å². The Hall–Kier alpha value is -3.48. The highest BCUT2D eigenvalue weighted by Crippen LogP contribution is 2.49. The molecule has 2 aromatic carbocycles. The van der Waals surface area contributed by atoms with E-state index in [0.717, 1.165) is 34.7 Å². The Kier molecular flexibility index (Phi) is 7.48. The van der Waals surface area contributed by atoms with Crippen molar-refractivity contribution in [2.75, 3.05) is 26.7 Å². The monoisotopic (exact) mass is 624 g/mol. The van der Waals surface area contributed by atoms with Crippen molar-refractivity contribution in [2.45, 2.75) is 36.7 Å². The molecule has 1 saturated carbocycles. The summed E-state index contributed by atoms with van der Waals surface area (Å²) in [6.45, 7) is 2.07. The van der Waals surface area contributed by atoms with Crippen LogP contribution in [-0.2, 0) is 25.1 Å². The zero-order valence-corrected chi connectivity index (χ0v) is 25.6. The van der Waals surface area contributed by atoms with E-state index < -0.39 is 15.6 Å². The van der Waals surface area contributed by atoms with Crippen LogP contribution < -0.4 is 10.5 Å². The predicted molar refractivity (Wildman–Crippen MR) is 165 cm³/mol. The number of methoxy groups -OCH3 is 2. The number of rotatable bonds is 9. The molecule has 5 aromatic rings. The van der Waals surface area contributed by atoms with Gasteiger partial charge in [0, 0.05) is 36.0 Å². The molecule has 6 rings (SSSR count). The van der Waals surface area contributed by atoms with Crippen LogP contribution in [0.2, 0.25) is 5.02 Å². The Morgan fingerprint density at radius 2 is 1.83 bits per heavy atom. The maximum Gasteiger partial charge on any atom is 0.269 e. The SMILES string of the molecule is COCOC1(c2ncc(-c3c(Cl)cnc4c3cc(-c3ccc(N)c(OC)c3)n4S(=O)(=O)c3ccc(C)cc3)s2)CCC1. The lowest BCUT2D eigenvalue weighted by Crippen LogP contribution is -2.37. The van der Waals surface area contributed by atoms with Crippen molar-refractivity contribution in [3.8, 4) is 27.4 Å². The van der Waals surface area contributed by atoms with Gasteiger partial charge in [0.15, 0.2) is 5.65 Å². The molecule has 3 heterocycles. The van der Waals surface area contributed by atoms with Crippen molar-refractivity contribution in [2.24, 2.45) is 0 Å². The van der Waals surface area contributed by atoms with Crippen LogP contribution >= 0.6 is 22.9 Å². The third-order valence-corrected chi connectivity index (χ3v) is 10.8. The van der Waals surface area contributed by atoms with Gasteiger partial charge in [0.2, 0.25) is 0 Å². The Morgan fingerprint density at radius 3 is 2.50 bits per heavy atom. The van der Waals surface area contributed by atoms with Gasteiger partial charge >= 0.3 is 0 Å². The maximum atomic E-state index is 14.2. The number of fused-ring (bicyclic) bond motifs is 1. The number of hydrogen-bond acceptors (Lipinski definition) is 9. The maximum absolute atomic E-state index is 14.2. The first kappa shape index (κ1) is 28.6. The Bertz CT molecular complexity index is 1900.